The van der Waals surface area contributed by atoms with Gasteiger partial charge < -0.3 is 10.6 Å². The van der Waals surface area contributed by atoms with Gasteiger partial charge in [-0.15, -0.1) is 0 Å². The number of hydrogen-bond acceptors (Lipinski definition) is 5. The molecule has 0 spiro atoms. The number of carbonyl (C=O) groups is 1. The quantitative estimate of drug-likeness (QED) is 0.708. The maximum Gasteiger partial charge on any atom is 0.258 e. The summed E-state index contributed by atoms with van der Waals surface area (Å²) in [5.74, 6) is 0.546. The number of benzene rings is 1. The molecule has 0 saturated carbocycles. The predicted molar refractivity (Wildman–Crippen MR) is 102 cm³/mol. The van der Waals surface area contributed by atoms with Crippen LogP contribution >= 0.6 is 0 Å². The SMILES string of the molecule is CC(C)c1ccccc1NC(=O)c1cnc(NCc2ccccn2)nc1. The number of pyridine rings is 1. The standard InChI is InChI=1S/C20H21N5O/c1-14(2)17-8-3-4-9-18(17)25-19(26)15-11-22-20(23-12-15)24-13-16-7-5-6-10-21-16/h3-12,14H,13H2,1-2H3,(H,25,26)(H,22,23,24). The van der Waals surface area contributed by atoms with E-state index >= 15 is 0 Å². The number of nitrogens with one attached hydrogen (secondary N) is 2. The van der Waals surface area contributed by atoms with E-state index in [0.29, 0.717) is 24.0 Å². The largest absolute Gasteiger partial charge is 0.349 e. The Morgan fingerprint density at radius 2 is 1.73 bits per heavy atom. The highest BCUT2D eigenvalue weighted by atomic mass is 16.1. The Balaban J connectivity index is 1.64. The molecule has 6 heteroatoms. The van der Waals surface area contributed by atoms with Crippen LogP contribution in [0.3, 0.4) is 0 Å². The second-order valence-corrected chi connectivity index (χ2v) is 6.17. The highest BCUT2D eigenvalue weighted by Crippen LogP contribution is 2.24. The molecule has 3 aromatic rings. The van der Waals surface area contributed by atoms with E-state index in [4.69, 9.17) is 0 Å². The molecule has 2 N–H and O–H groups in total. The van der Waals surface area contributed by atoms with Crippen LogP contribution in [0, 0.1) is 0 Å². The fraction of sp³-hybridized carbons (Fsp3) is 0.200. The average molecular weight is 347 g/mol. The fourth-order valence-electron chi connectivity index (χ4n) is 2.52. The molecule has 0 unspecified atom stereocenters. The molecule has 1 amide bonds. The molecule has 0 atom stereocenters. The van der Waals surface area contributed by atoms with Gasteiger partial charge >= 0.3 is 0 Å². The van der Waals surface area contributed by atoms with Crippen molar-refractivity contribution in [1.29, 1.82) is 0 Å². The zero-order chi connectivity index (χ0) is 18.4. The molecule has 0 aliphatic heterocycles. The highest BCUT2D eigenvalue weighted by Gasteiger charge is 2.11. The van der Waals surface area contributed by atoms with Gasteiger partial charge in [-0.25, -0.2) is 9.97 Å². The monoisotopic (exact) mass is 347 g/mol. The zero-order valence-corrected chi connectivity index (χ0v) is 14.8. The number of anilines is 2. The molecule has 3 rings (SSSR count). The minimum Gasteiger partial charge on any atom is -0.349 e. The Morgan fingerprint density at radius 3 is 2.42 bits per heavy atom. The van der Waals surface area contributed by atoms with Gasteiger partial charge in [0, 0.05) is 24.3 Å². The third-order valence-corrected chi connectivity index (χ3v) is 3.90. The van der Waals surface area contributed by atoms with Crippen LogP contribution in [0.25, 0.3) is 0 Å². The molecule has 6 nitrogen and oxygen atoms in total. The van der Waals surface area contributed by atoms with Crippen molar-refractivity contribution < 1.29 is 4.79 Å². The third-order valence-electron chi connectivity index (χ3n) is 3.90. The van der Waals surface area contributed by atoms with E-state index in [1.54, 1.807) is 6.20 Å². The van der Waals surface area contributed by atoms with Crippen molar-refractivity contribution in [3.8, 4) is 0 Å². The van der Waals surface area contributed by atoms with Crippen LogP contribution in [-0.4, -0.2) is 20.9 Å². The van der Waals surface area contributed by atoms with Gasteiger partial charge in [0.25, 0.3) is 5.91 Å². The van der Waals surface area contributed by atoms with Crippen LogP contribution < -0.4 is 10.6 Å². The summed E-state index contributed by atoms with van der Waals surface area (Å²) in [6.45, 7) is 4.71. The second-order valence-electron chi connectivity index (χ2n) is 6.17. The zero-order valence-electron chi connectivity index (χ0n) is 14.8. The normalized spacial score (nSPS) is 10.6. The van der Waals surface area contributed by atoms with Gasteiger partial charge in [-0.3, -0.25) is 9.78 Å². The van der Waals surface area contributed by atoms with Crippen molar-refractivity contribution in [1.82, 2.24) is 15.0 Å². The number of hydrogen-bond donors (Lipinski definition) is 2. The molecule has 0 saturated heterocycles. The van der Waals surface area contributed by atoms with Gasteiger partial charge in [-0.05, 0) is 29.7 Å². The fourth-order valence-corrected chi connectivity index (χ4v) is 2.52. The summed E-state index contributed by atoms with van der Waals surface area (Å²) in [4.78, 5) is 25.1. The molecule has 1 aromatic carbocycles. The van der Waals surface area contributed by atoms with Crippen LogP contribution in [0.4, 0.5) is 11.6 Å². The summed E-state index contributed by atoms with van der Waals surface area (Å²) in [7, 11) is 0. The first-order chi connectivity index (χ1) is 12.6. The molecule has 0 radical (unpaired) electrons. The van der Waals surface area contributed by atoms with Gasteiger partial charge in [-0.2, -0.15) is 0 Å². The van der Waals surface area contributed by atoms with Crippen molar-refractivity contribution in [3.63, 3.8) is 0 Å². The van der Waals surface area contributed by atoms with Gasteiger partial charge in [0.05, 0.1) is 17.8 Å². The molecule has 0 aliphatic rings. The summed E-state index contributed by atoms with van der Waals surface area (Å²) in [6.07, 6.45) is 4.77. The van der Waals surface area contributed by atoms with Crippen LogP contribution in [0.5, 0.6) is 0 Å². The lowest BCUT2D eigenvalue weighted by atomic mass is 10.0. The van der Waals surface area contributed by atoms with Crippen LogP contribution in [-0.2, 0) is 6.54 Å². The number of aromatic nitrogens is 3. The summed E-state index contributed by atoms with van der Waals surface area (Å²) in [5, 5.41) is 6.02. The Labute approximate surface area is 152 Å². The molecule has 26 heavy (non-hydrogen) atoms. The Hall–Kier alpha value is -3.28. The minimum absolute atomic E-state index is 0.227. The maximum atomic E-state index is 12.5. The van der Waals surface area contributed by atoms with Gasteiger partial charge in [-0.1, -0.05) is 38.1 Å². The van der Waals surface area contributed by atoms with Crippen LogP contribution in [0.2, 0.25) is 0 Å². The van der Waals surface area contributed by atoms with Crippen molar-refractivity contribution >= 4 is 17.5 Å². The molecule has 0 bridgehead atoms. The van der Waals surface area contributed by atoms with Crippen LogP contribution in [0.1, 0.15) is 41.4 Å². The average Bonchev–Trinajstić information content (AvgIpc) is 2.68. The first-order valence-corrected chi connectivity index (χ1v) is 8.49. The highest BCUT2D eigenvalue weighted by molar-refractivity contribution is 6.04. The smallest absolute Gasteiger partial charge is 0.258 e. The lowest BCUT2D eigenvalue weighted by molar-refractivity contribution is 0.102. The number of carbonyl (C=O) groups excluding carboxylic acids is 1. The van der Waals surface area contributed by atoms with Crippen molar-refractivity contribution in [2.75, 3.05) is 10.6 Å². The molecule has 132 valence electrons. The molecule has 0 aliphatic carbocycles. The first kappa shape index (κ1) is 17.5. The maximum absolute atomic E-state index is 12.5. The lowest BCUT2D eigenvalue weighted by Gasteiger charge is -2.13. The van der Waals surface area contributed by atoms with Crippen molar-refractivity contribution in [2.45, 2.75) is 26.3 Å². The van der Waals surface area contributed by atoms with Gasteiger partial charge in [0.2, 0.25) is 5.95 Å². The molecular weight excluding hydrogens is 326 g/mol. The van der Waals surface area contributed by atoms with Crippen molar-refractivity contribution in [2.24, 2.45) is 0 Å². The third kappa shape index (κ3) is 4.42. The number of rotatable bonds is 6. The Morgan fingerprint density at radius 1 is 1.00 bits per heavy atom. The summed E-state index contributed by atoms with van der Waals surface area (Å²) < 4.78 is 0. The molecular formula is C20H21N5O. The Kier molecular flexibility index (Phi) is 5.53. The number of amides is 1. The van der Waals surface area contributed by atoms with E-state index < -0.39 is 0 Å². The Bertz CT molecular complexity index is 863. The predicted octanol–water partition coefficient (Wildman–Crippen LogP) is 3.86. The van der Waals surface area contributed by atoms with E-state index in [0.717, 1.165) is 16.9 Å². The van der Waals surface area contributed by atoms with Gasteiger partial charge in [0.1, 0.15) is 0 Å². The van der Waals surface area contributed by atoms with E-state index in [1.807, 2.05) is 42.5 Å². The second kappa shape index (κ2) is 8.20. The van der Waals surface area contributed by atoms with Crippen LogP contribution in [0.15, 0.2) is 61.1 Å². The minimum atomic E-state index is -0.227. The number of para-hydroxylation sites is 1. The summed E-state index contributed by atoms with van der Waals surface area (Å²) in [5.41, 5.74) is 3.20. The van der Waals surface area contributed by atoms with Gasteiger partial charge in [0.15, 0.2) is 0 Å². The summed E-state index contributed by atoms with van der Waals surface area (Å²) >= 11 is 0. The van der Waals surface area contributed by atoms with E-state index in [-0.39, 0.29) is 5.91 Å². The lowest BCUT2D eigenvalue weighted by Crippen LogP contribution is -2.15. The molecule has 0 fully saturated rings. The van der Waals surface area contributed by atoms with E-state index in [9.17, 15) is 4.79 Å². The van der Waals surface area contributed by atoms with Crippen molar-refractivity contribution in [3.05, 3.63) is 77.9 Å². The van der Waals surface area contributed by atoms with E-state index in [2.05, 4.69) is 39.4 Å². The summed E-state index contributed by atoms with van der Waals surface area (Å²) in [6, 6.07) is 13.5. The first-order valence-electron chi connectivity index (χ1n) is 8.49. The number of nitrogens with zero attached hydrogens (tertiary/aromatic N) is 3. The topological polar surface area (TPSA) is 79.8 Å². The molecule has 2 aromatic heterocycles. The van der Waals surface area contributed by atoms with E-state index in [1.165, 1.54) is 12.4 Å². The molecule has 2 heterocycles.